The quantitative estimate of drug-likeness (QED) is 0.340. The summed E-state index contributed by atoms with van der Waals surface area (Å²) in [4.78, 5) is 33.1. The molecule has 0 heterocycles. The predicted molar refractivity (Wildman–Crippen MR) is 92.4 cm³/mol. The first-order valence-corrected chi connectivity index (χ1v) is 8.24. The molecule has 1 aliphatic carbocycles. The average molecular weight is 355 g/mol. The van der Waals surface area contributed by atoms with Gasteiger partial charge in [-0.05, 0) is 55.7 Å². The van der Waals surface area contributed by atoms with E-state index in [1.54, 1.807) is 24.3 Å². The van der Waals surface area contributed by atoms with E-state index in [9.17, 15) is 19.7 Å². The summed E-state index contributed by atoms with van der Waals surface area (Å²) in [5.74, 6) is 0.0792. The van der Waals surface area contributed by atoms with Gasteiger partial charge in [0.25, 0.3) is 5.69 Å². The number of esters is 1. The van der Waals surface area contributed by atoms with Crippen molar-refractivity contribution in [1.82, 2.24) is 0 Å². The van der Waals surface area contributed by atoms with E-state index < -0.39 is 10.9 Å². The number of carbonyl (C=O) groups excluding carboxylic acids is 2. The monoisotopic (exact) mass is 355 g/mol. The van der Waals surface area contributed by atoms with Gasteiger partial charge in [-0.1, -0.05) is 0 Å². The Morgan fingerprint density at radius 2 is 1.69 bits per heavy atom. The van der Waals surface area contributed by atoms with Crippen molar-refractivity contribution in [2.45, 2.75) is 31.5 Å². The average Bonchev–Trinajstić information content (AvgIpc) is 3.09. The number of benzene rings is 2. The molecule has 7 heteroatoms. The Morgan fingerprint density at radius 3 is 2.31 bits per heavy atom. The van der Waals surface area contributed by atoms with Crippen molar-refractivity contribution in [3.05, 3.63) is 69.8 Å². The number of nitro groups is 1. The Hall–Kier alpha value is -3.22. The molecule has 2 unspecified atom stereocenters. The summed E-state index contributed by atoms with van der Waals surface area (Å²) < 4.78 is 11.4. The van der Waals surface area contributed by atoms with Gasteiger partial charge in [-0.3, -0.25) is 14.9 Å². The molecule has 7 nitrogen and oxygen atoms in total. The van der Waals surface area contributed by atoms with Crippen molar-refractivity contribution >= 4 is 17.9 Å². The lowest BCUT2D eigenvalue weighted by Gasteiger charge is -2.21. The van der Waals surface area contributed by atoms with Gasteiger partial charge in [0.1, 0.15) is 24.2 Å². The van der Waals surface area contributed by atoms with Crippen molar-refractivity contribution in [2.24, 2.45) is 0 Å². The molecule has 0 amide bonds. The first-order valence-electron chi connectivity index (χ1n) is 8.24. The topological polar surface area (TPSA) is 95.7 Å². The van der Waals surface area contributed by atoms with Crippen LogP contribution in [0.1, 0.15) is 40.0 Å². The molecule has 1 fully saturated rings. The molecule has 0 N–H and O–H groups in total. The second kappa shape index (κ2) is 7.77. The van der Waals surface area contributed by atoms with Crippen LogP contribution in [0.15, 0.2) is 48.5 Å². The second-order valence-electron chi connectivity index (χ2n) is 6.02. The summed E-state index contributed by atoms with van der Waals surface area (Å²) in [6.45, 7) is 0. The Kier molecular flexibility index (Phi) is 5.26. The normalized spacial score (nSPS) is 18.9. The summed E-state index contributed by atoms with van der Waals surface area (Å²) in [5, 5.41) is 10.7. The molecule has 0 spiro atoms. The summed E-state index contributed by atoms with van der Waals surface area (Å²) >= 11 is 0. The molecule has 0 bridgehead atoms. The third kappa shape index (κ3) is 4.05. The van der Waals surface area contributed by atoms with Crippen LogP contribution < -0.4 is 4.74 Å². The van der Waals surface area contributed by atoms with Gasteiger partial charge in [0.2, 0.25) is 0 Å². The molecule has 0 saturated heterocycles. The van der Waals surface area contributed by atoms with Crippen molar-refractivity contribution in [2.75, 3.05) is 0 Å². The summed E-state index contributed by atoms with van der Waals surface area (Å²) in [5.41, 5.74) is 0.740. The van der Waals surface area contributed by atoms with Gasteiger partial charge < -0.3 is 9.47 Å². The fourth-order valence-electron chi connectivity index (χ4n) is 2.89. The Morgan fingerprint density at radius 1 is 1.04 bits per heavy atom. The van der Waals surface area contributed by atoms with Crippen LogP contribution in [0.4, 0.5) is 5.69 Å². The zero-order valence-electron chi connectivity index (χ0n) is 13.9. The minimum atomic E-state index is -0.531. The van der Waals surface area contributed by atoms with E-state index in [-0.39, 0.29) is 23.5 Å². The molecule has 1 saturated carbocycles. The second-order valence-corrected chi connectivity index (χ2v) is 6.02. The first kappa shape index (κ1) is 17.6. The van der Waals surface area contributed by atoms with E-state index in [1.807, 2.05) is 0 Å². The number of nitrogens with zero attached hydrogens (tertiary/aromatic N) is 1. The zero-order valence-corrected chi connectivity index (χ0v) is 13.9. The Bertz CT molecular complexity index is 800. The third-order valence-corrected chi connectivity index (χ3v) is 4.27. The fraction of sp³-hybridized carbons (Fsp3) is 0.263. The van der Waals surface area contributed by atoms with Crippen LogP contribution in [0.5, 0.6) is 5.75 Å². The molecule has 26 heavy (non-hydrogen) atoms. The van der Waals surface area contributed by atoms with Crippen LogP contribution in [0.25, 0.3) is 0 Å². The largest absolute Gasteiger partial charge is 0.487 e. The van der Waals surface area contributed by atoms with Gasteiger partial charge in [-0.15, -0.1) is 0 Å². The molecule has 3 rings (SSSR count). The summed E-state index contributed by atoms with van der Waals surface area (Å²) in [7, 11) is 0. The van der Waals surface area contributed by atoms with E-state index in [1.165, 1.54) is 24.3 Å². The molecule has 2 aromatic rings. The highest BCUT2D eigenvalue weighted by Crippen LogP contribution is 2.28. The molecule has 134 valence electrons. The lowest BCUT2D eigenvalue weighted by atomic mass is 10.2. The van der Waals surface area contributed by atoms with Gasteiger partial charge >= 0.3 is 5.97 Å². The van der Waals surface area contributed by atoms with Gasteiger partial charge in [0.05, 0.1) is 10.5 Å². The first-order chi connectivity index (χ1) is 12.6. The number of nitro benzene ring substituents is 1. The maximum absolute atomic E-state index is 12.3. The zero-order chi connectivity index (χ0) is 18.5. The maximum Gasteiger partial charge on any atom is 0.338 e. The van der Waals surface area contributed by atoms with Crippen LogP contribution in [-0.2, 0) is 4.74 Å². The fourth-order valence-corrected chi connectivity index (χ4v) is 2.89. The van der Waals surface area contributed by atoms with E-state index in [0.717, 1.165) is 19.1 Å². The summed E-state index contributed by atoms with van der Waals surface area (Å²) in [6.07, 6.45) is 2.43. The standard InChI is InChI=1S/C19H17NO6/c21-12-13-4-10-16(11-5-13)25-17-2-1-3-18(17)26-19(22)14-6-8-15(9-7-14)20(23)24/h4-12,17-18H,1-3H2. The number of rotatable bonds is 6. The molecule has 0 aliphatic heterocycles. The van der Waals surface area contributed by atoms with E-state index in [2.05, 4.69) is 0 Å². The molecule has 2 atom stereocenters. The number of ether oxygens (including phenoxy) is 2. The number of non-ortho nitro benzene ring substituents is 1. The van der Waals surface area contributed by atoms with E-state index in [0.29, 0.717) is 17.7 Å². The Balaban J connectivity index is 1.63. The minimum absolute atomic E-state index is 0.0811. The lowest BCUT2D eigenvalue weighted by Crippen LogP contribution is -2.31. The van der Waals surface area contributed by atoms with Gasteiger partial charge in [-0.25, -0.2) is 4.79 Å². The Labute approximate surface area is 149 Å². The highest BCUT2D eigenvalue weighted by atomic mass is 16.6. The number of hydrogen-bond acceptors (Lipinski definition) is 6. The van der Waals surface area contributed by atoms with Crippen LogP contribution in [-0.4, -0.2) is 29.4 Å². The van der Waals surface area contributed by atoms with Crippen molar-refractivity contribution in [3.8, 4) is 5.75 Å². The van der Waals surface area contributed by atoms with Gasteiger partial charge in [-0.2, -0.15) is 0 Å². The molecule has 0 radical (unpaired) electrons. The van der Waals surface area contributed by atoms with E-state index >= 15 is 0 Å². The number of aldehydes is 1. The molecule has 0 aromatic heterocycles. The van der Waals surface area contributed by atoms with Gasteiger partial charge in [0.15, 0.2) is 0 Å². The predicted octanol–water partition coefficient (Wildman–Crippen LogP) is 3.56. The van der Waals surface area contributed by atoms with Crippen molar-refractivity contribution in [3.63, 3.8) is 0 Å². The number of carbonyl (C=O) groups is 2. The lowest BCUT2D eigenvalue weighted by molar-refractivity contribution is -0.384. The van der Waals surface area contributed by atoms with E-state index in [4.69, 9.17) is 9.47 Å². The highest BCUT2D eigenvalue weighted by Gasteiger charge is 2.32. The molecule has 2 aromatic carbocycles. The number of hydrogen-bond donors (Lipinski definition) is 0. The minimum Gasteiger partial charge on any atom is -0.487 e. The van der Waals surface area contributed by atoms with Crippen LogP contribution in [0, 0.1) is 10.1 Å². The van der Waals surface area contributed by atoms with Crippen LogP contribution >= 0.6 is 0 Å². The van der Waals surface area contributed by atoms with Crippen LogP contribution in [0.3, 0.4) is 0 Å². The SMILES string of the molecule is O=Cc1ccc(OC2CCCC2OC(=O)c2ccc([N+](=O)[O-])cc2)cc1. The maximum atomic E-state index is 12.3. The van der Waals surface area contributed by atoms with Crippen molar-refractivity contribution < 1.29 is 24.0 Å². The summed E-state index contributed by atoms with van der Waals surface area (Å²) in [6, 6.07) is 12.0. The van der Waals surface area contributed by atoms with Gasteiger partial charge in [0, 0.05) is 17.7 Å². The van der Waals surface area contributed by atoms with Crippen molar-refractivity contribution in [1.29, 1.82) is 0 Å². The molecule has 1 aliphatic rings. The smallest absolute Gasteiger partial charge is 0.338 e. The third-order valence-electron chi connectivity index (χ3n) is 4.27. The highest BCUT2D eigenvalue weighted by molar-refractivity contribution is 5.89. The van der Waals surface area contributed by atoms with Crippen LogP contribution in [0.2, 0.25) is 0 Å². The molecular weight excluding hydrogens is 338 g/mol. The molecular formula is C19H17NO6.